The molecule has 0 saturated carbocycles. The highest BCUT2D eigenvalue weighted by molar-refractivity contribution is 8.00. The van der Waals surface area contributed by atoms with Gasteiger partial charge in [0.1, 0.15) is 16.1 Å². The Morgan fingerprint density at radius 2 is 2.35 bits per heavy atom. The summed E-state index contributed by atoms with van der Waals surface area (Å²) in [4.78, 5) is 24.5. The van der Waals surface area contributed by atoms with Crippen LogP contribution in [0.15, 0.2) is 35.6 Å². The molecule has 3 rings (SSSR count). The highest BCUT2D eigenvalue weighted by Crippen LogP contribution is 2.30. The Kier molecular flexibility index (Phi) is 5.16. The SMILES string of the molecule is C=CCn1c(=S)sc2c(SCC(=O)Nc3nccs3)ncnc21. The second-order valence-corrected chi connectivity index (χ2v) is 7.78. The monoisotopic (exact) mass is 381 g/mol. The quantitative estimate of drug-likeness (QED) is 0.304. The average molecular weight is 382 g/mol. The third-order valence-electron chi connectivity index (χ3n) is 2.75. The van der Waals surface area contributed by atoms with Crippen molar-refractivity contribution in [3.05, 3.63) is 34.5 Å². The molecule has 0 spiro atoms. The second kappa shape index (κ2) is 7.30. The van der Waals surface area contributed by atoms with Gasteiger partial charge in [0.05, 0.1) is 5.75 Å². The fourth-order valence-corrected chi connectivity index (χ4v) is 4.61. The number of hydrogen-bond donors (Lipinski definition) is 1. The van der Waals surface area contributed by atoms with E-state index in [9.17, 15) is 4.79 Å². The summed E-state index contributed by atoms with van der Waals surface area (Å²) in [6.07, 6.45) is 4.92. The van der Waals surface area contributed by atoms with E-state index < -0.39 is 0 Å². The number of allylic oxidation sites excluding steroid dienone is 1. The van der Waals surface area contributed by atoms with Crippen LogP contribution >= 0.6 is 46.7 Å². The van der Waals surface area contributed by atoms with Crippen molar-refractivity contribution < 1.29 is 4.79 Å². The first-order valence-electron chi connectivity index (χ1n) is 6.46. The van der Waals surface area contributed by atoms with Gasteiger partial charge >= 0.3 is 0 Å². The number of hydrogen-bond acceptors (Lipinski definition) is 8. The predicted octanol–water partition coefficient (Wildman–Crippen LogP) is 3.60. The molecule has 0 atom stereocenters. The minimum atomic E-state index is -0.120. The molecule has 1 N–H and O–H groups in total. The number of anilines is 1. The van der Waals surface area contributed by atoms with E-state index in [0.717, 1.165) is 19.3 Å². The summed E-state index contributed by atoms with van der Waals surface area (Å²) in [6.45, 7) is 4.33. The van der Waals surface area contributed by atoms with Crippen molar-refractivity contribution in [2.45, 2.75) is 11.6 Å². The molecule has 1 amide bonds. The number of carbonyl (C=O) groups excluding carboxylic acids is 1. The lowest BCUT2D eigenvalue weighted by molar-refractivity contribution is -0.113. The summed E-state index contributed by atoms with van der Waals surface area (Å²) < 4.78 is 3.52. The molecule has 0 saturated heterocycles. The molecule has 0 fully saturated rings. The Morgan fingerprint density at radius 1 is 1.48 bits per heavy atom. The first-order valence-corrected chi connectivity index (χ1v) is 9.55. The minimum absolute atomic E-state index is 0.120. The summed E-state index contributed by atoms with van der Waals surface area (Å²) in [5, 5.41) is 5.90. The maximum absolute atomic E-state index is 12.0. The zero-order chi connectivity index (χ0) is 16.2. The summed E-state index contributed by atoms with van der Waals surface area (Å²) in [5.41, 5.74) is 0.776. The van der Waals surface area contributed by atoms with E-state index >= 15 is 0 Å². The smallest absolute Gasteiger partial charge is 0.236 e. The third-order valence-corrected chi connectivity index (χ3v) is 6.00. The molecule has 23 heavy (non-hydrogen) atoms. The van der Waals surface area contributed by atoms with Gasteiger partial charge in [0.2, 0.25) is 5.91 Å². The fraction of sp³-hybridized carbons (Fsp3) is 0.154. The first-order chi connectivity index (χ1) is 11.2. The summed E-state index contributed by atoms with van der Waals surface area (Å²) >= 11 is 9.55. The topological polar surface area (TPSA) is 72.7 Å². The number of thioether (sulfide) groups is 1. The van der Waals surface area contributed by atoms with Crippen molar-refractivity contribution >= 4 is 68.0 Å². The second-order valence-electron chi connectivity index (χ2n) is 4.27. The van der Waals surface area contributed by atoms with Crippen molar-refractivity contribution in [2.75, 3.05) is 11.1 Å². The van der Waals surface area contributed by atoms with E-state index in [1.54, 1.807) is 12.3 Å². The molecule has 0 bridgehead atoms. The van der Waals surface area contributed by atoms with Crippen LogP contribution in [0, 0.1) is 3.95 Å². The first kappa shape index (κ1) is 16.2. The van der Waals surface area contributed by atoms with Crippen LogP contribution in [0.5, 0.6) is 0 Å². The van der Waals surface area contributed by atoms with Gasteiger partial charge in [0.25, 0.3) is 0 Å². The van der Waals surface area contributed by atoms with E-state index in [-0.39, 0.29) is 11.7 Å². The van der Waals surface area contributed by atoms with Gasteiger partial charge in [-0.15, -0.1) is 29.3 Å². The molecule has 3 aromatic heterocycles. The van der Waals surface area contributed by atoms with Crippen molar-refractivity contribution in [2.24, 2.45) is 0 Å². The number of carbonyl (C=O) groups is 1. The molecule has 3 heterocycles. The molecule has 0 radical (unpaired) electrons. The molecule has 0 aromatic carbocycles. The van der Waals surface area contributed by atoms with Crippen LogP contribution in [-0.2, 0) is 11.3 Å². The number of rotatable bonds is 6. The largest absolute Gasteiger partial charge is 0.304 e. The van der Waals surface area contributed by atoms with Gasteiger partial charge in [-0.1, -0.05) is 17.8 Å². The van der Waals surface area contributed by atoms with Crippen molar-refractivity contribution in [1.82, 2.24) is 19.5 Å². The lowest BCUT2D eigenvalue weighted by atomic mass is 10.5. The fourth-order valence-electron chi connectivity index (χ4n) is 1.83. The zero-order valence-corrected chi connectivity index (χ0v) is 15.0. The Bertz CT molecular complexity index is 899. The average Bonchev–Trinajstić information content (AvgIpc) is 3.14. The van der Waals surface area contributed by atoms with Crippen LogP contribution in [0.1, 0.15) is 0 Å². The van der Waals surface area contributed by atoms with Gasteiger partial charge in [-0.05, 0) is 12.2 Å². The molecule has 6 nitrogen and oxygen atoms in total. The number of nitrogens with one attached hydrogen (secondary N) is 1. The van der Waals surface area contributed by atoms with Crippen molar-refractivity contribution in [3.8, 4) is 0 Å². The summed E-state index contributed by atoms with van der Waals surface area (Å²) in [5.74, 6) is 0.128. The van der Waals surface area contributed by atoms with E-state index in [4.69, 9.17) is 12.2 Å². The van der Waals surface area contributed by atoms with Gasteiger partial charge in [-0.3, -0.25) is 4.79 Å². The normalized spacial score (nSPS) is 10.8. The van der Waals surface area contributed by atoms with Crippen LogP contribution in [0.2, 0.25) is 0 Å². The lowest BCUT2D eigenvalue weighted by Gasteiger charge is -2.03. The van der Waals surface area contributed by atoms with Gasteiger partial charge in [-0.2, -0.15) is 0 Å². The van der Waals surface area contributed by atoms with Crippen LogP contribution in [0.25, 0.3) is 10.3 Å². The molecule has 0 aliphatic heterocycles. The lowest BCUT2D eigenvalue weighted by Crippen LogP contribution is -2.13. The zero-order valence-electron chi connectivity index (χ0n) is 11.8. The highest BCUT2D eigenvalue weighted by atomic mass is 32.2. The standard InChI is InChI=1S/C13H11N5OS4/c1-2-4-18-10-9(23-13(18)20)11(16-7-15-10)22-6-8(19)17-12-14-3-5-21-12/h2-3,5,7H,1,4,6H2,(H,14,17,19). The van der Waals surface area contributed by atoms with E-state index in [1.165, 1.54) is 40.8 Å². The third kappa shape index (κ3) is 3.66. The minimum Gasteiger partial charge on any atom is -0.304 e. The number of nitrogens with zero attached hydrogens (tertiary/aromatic N) is 4. The Labute approximate surface area is 149 Å². The van der Waals surface area contributed by atoms with Crippen LogP contribution in [-0.4, -0.2) is 31.2 Å². The summed E-state index contributed by atoms with van der Waals surface area (Å²) in [6, 6.07) is 0. The van der Waals surface area contributed by atoms with E-state index in [2.05, 4.69) is 26.8 Å². The highest BCUT2D eigenvalue weighted by Gasteiger charge is 2.13. The van der Waals surface area contributed by atoms with Crippen LogP contribution < -0.4 is 5.32 Å². The molecule has 118 valence electrons. The van der Waals surface area contributed by atoms with Crippen molar-refractivity contribution in [3.63, 3.8) is 0 Å². The number of fused-ring (bicyclic) bond motifs is 1. The maximum atomic E-state index is 12.0. The molecular weight excluding hydrogens is 370 g/mol. The number of amides is 1. The number of aromatic nitrogens is 4. The van der Waals surface area contributed by atoms with Gasteiger partial charge < -0.3 is 9.88 Å². The molecule has 10 heteroatoms. The molecule has 3 aromatic rings. The molecule has 0 unspecified atom stereocenters. The molecular formula is C13H11N5OS4. The Hall–Kier alpha value is -1.62. The maximum Gasteiger partial charge on any atom is 0.236 e. The van der Waals surface area contributed by atoms with Crippen LogP contribution in [0.3, 0.4) is 0 Å². The van der Waals surface area contributed by atoms with Gasteiger partial charge in [-0.25, -0.2) is 15.0 Å². The number of thiazole rings is 2. The molecule has 0 aliphatic rings. The van der Waals surface area contributed by atoms with E-state index in [0.29, 0.717) is 11.7 Å². The van der Waals surface area contributed by atoms with Gasteiger partial charge in [0.15, 0.2) is 14.7 Å². The summed E-state index contributed by atoms with van der Waals surface area (Å²) in [7, 11) is 0. The molecule has 0 aliphatic carbocycles. The Balaban J connectivity index is 1.78. The Morgan fingerprint density at radius 3 is 3.09 bits per heavy atom. The van der Waals surface area contributed by atoms with Crippen LogP contribution in [0.4, 0.5) is 5.13 Å². The van der Waals surface area contributed by atoms with E-state index in [1.807, 2.05) is 9.95 Å². The van der Waals surface area contributed by atoms with Crippen molar-refractivity contribution in [1.29, 1.82) is 0 Å². The van der Waals surface area contributed by atoms with Gasteiger partial charge in [0, 0.05) is 18.1 Å². The predicted molar refractivity (Wildman–Crippen MR) is 97.9 cm³/mol.